The highest BCUT2D eigenvalue weighted by Crippen LogP contribution is 2.15. The molecule has 1 aromatic carbocycles. The minimum absolute atomic E-state index is 0.0605. The zero-order chi connectivity index (χ0) is 11.4. The molecule has 2 rings (SSSR count). The number of aliphatic imine (C=N–C) groups is 1. The van der Waals surface area contributed by atoms with Crippen molar-refractivity contribution in [2.45, 2.75) is 0 Å². The fraction of sp³-hybridized carbons (Fsp3) is 0.364. The van der Waals surface area contributed by atoms with Gasteiger partial charge in [-0.1, -0.05) is 18.2 Å². The predicted octanol–water partition coefficient (Wildman–Crippen LogP) is 0.731. The van der Waals surface area contributed by atoms with Crippen LogP contribution in [0.4, 0.5) is 5.69 Å². The molecule has 1 atom stereocenters. The summed E-state index contributed by atoms with van der Waals surface area (Å²) in [6.07, 6.45) is 0. The molecule has 0 radical (unpaired) electrons. The Hall–Kier alpha value is -1.20. The Kier molecular flexibility index (Phi) is 3.69. The average Bonchev–Trinajstić information content (AvgIpc) is 2.64. The zero-order valence-electron chi connectivity index (χ0n) is 8.87. The highest BCUT2D eigenvalue weighted by atomic mass is 32.2. The van der Waals surface area contributed by atoms with E-state index < -0.39 is 10.8 Å². The summed E-state index contributed by atoms with van der Waals surface area (Å²) in [5.41, 5.74) is 0.802. The van der Waals surface area contributed by atoms with E-state index in [2.05, 4.69) is 4.99 Å². The monoisotopic (exact) mass is 238 g/mol. The Balaban J connectivity index is 2.23. The fourth-order valence-electron chi connectivity index (χ4n) is 1.59. The van der Waals surface area contributed by atoms with E-state index in [1.165, 1.54) is 0 Å². The number of benzene rings is 1. The SMILES string of the molecule is O=S1CCN(CCO)C1=Nc1ccccc1. The molecule has 0 aliphatic carbocycles. The number of nitrogens with zero attached hydrogens (tertiary/aromatic N) is 2. The zero-order valence-corrected chi connectivity index (χ0v) is 9.69. The lowest BCUT2D eigenvalue weighted by molar-refractivity contribution is 0.257. The van der Waals surface area contributed by atoms with Gasteiger partial charge in [0.15, 0.2) is 5.17 Å². The van der Waals surface area contributed by atoms with E-state index in [0.29, 0.717) is 24.0 Å². The molecule has 1 saturated heterocycles. The first-order valence-electron chi connectivity index (χ1n) is 5.19. The fourth-order valence-corrected chi connectivity index (χ4v) is 2.83. The number of aliphatic hydroxyl groups excluding tert-OH is 1. The molecular formula is C11H14N2O2S. The van der Waals surface area contributed by atoms with Gasteiger partial charge < -0.3 is 10.0 Å². The first-order valence-corrected chi connectivity index (χ1v) is 6.51. The molecule has 1 aromatic rings. The van der Waals surface area contributed by atoms with E-state index >= 15 is 0 Å². The average molecular weight is 238 g/mol. The van der Waals surface area contributed by atoms with Crippen LogP contribution in [0.3, 0.4) is 0 Å². The third-order valence-electron chi connectivity index (χ3n) is 2.37. The molecule has 1 fully saturated rings. The summed E-state index contributed by atoms with van der Waals surface area (Å²) in [5.74, 6) is 0.603. The highest BCUT2D eigenvalue weighted by Gasteiger charge is 2.25. The number of rotatable bonds is 3. The molecule has 1 unspecified atom stereocenters. The van der Waals surface area contributed by atoms with E-state index in [-0.39, 0.29) is 6.61 Å². The van der Waals surface area contributed by atoms with Crippen LogP contribution in [-0.4, -0.2) is 44.8 Å². The van der Waals surface area contributed by atoms with Crippen molar-refractivity contribution < 1.29 is 9.32 Å². The smallest absolute Gasteiger partial charge is 0.195 e. The van der Waals surface area contributed by atoms with Crippen LogP contribution in [-0.2, 0) is 10.8 Å². The Morgan fingerprint density at radius 2 is 2.12 bits per heavy atom. The Morgan fingerprint density at radius 1 is 1.38 bits per heavy atom. The lowest BCUT2D eigenvalue weighted by atomic mass is 10.3. The van der Waals surface area contributed by atoms with Crippen LogP contribution >= 0.6 is 0 Å². The Morgan fingerprint density at radius 3 is 2.81 bits per heavy atom. The second-order valence-electron chi connectivity index (χ2n) is 3.49. The number of hydrogen-bond donors (Lipinski definition) is 1. The molecule has 1 aliphatic rings. The highest BCUT2D eigenvalue weighted by molar-refractivity contribution is 8.00. The van der Waals surface area contributed by atoms with Gasteiger partial charge in [0.2, 0.25) is 0 Å². The maximum Gasteiger partial charge on any atom is 0.195 e. The molecular weight excluding hydrogens is 224 g/mol. The largest absolute Gasteiger partial charge is 0.395 e. The minimum Gasteiger partial charge on any atom is -0.395 e. The van der Waals surface area contributed by atoms with Gasteiger partial charge in [-0.05, 0) is 12.1 Å². The first-order chi connectivity index (χ1) is 7.81. The van der Waals surface area contributed by atoms with Gasteiger partial charge in [-0.3, -0.25) is 4.21 Å². The summed E-state index contributed by atoms with van der Waals surface area (Å²) >= 11 is 0. The van der Waals surface area contributed by atoms with Gasteiger partial charge in [-0.15, -0.1) is 0 Å². The molecule has 0 aromatic heterocycles. The third-order valence-corrected chi connectivity index (χ3v) is 3.68. The van der Waals surface area contributed by atoms with E-state index in [9.17, 15) is 4.21 Å². The minimum atomic E-state index is -1.03. The van der Waals surface area contributed by atoms with E-state index in [1.54, 1.807) is 0 Å². The first kappa shape index (κ1) is 11.3. The van der Waals surface area contributed by atoms with Gasteiger partial charge in [0, 0.05) is 18.8 Å². The van der Waals surface area contributed by atoms with Crippen molar-refractivity contribution in [1.82, 2.24) is 4.90 Å². The van der Waals surface area contributed by atoms with Crippen LogP contribution in [0.5, 0.6) is 0 Å². The van der Waals surface area contributed by atoms with Crippen LogP contribution in [0.15, 0.2) is 35.3 Å². The molecule has 0 saturated carbocycles. The number of amidine groups is 1. The van der Waals surface area contributed by atoms with Crippen molar-refractivity contribution in [3.63, 3.8) is 0 Å². The lowest BCUT2D eigenvalue weighted by Crippen LogP contribution is -2.29. The molecule has 0 spiro atoms. The number of β-amino-alcohol motifs (C(OH)–C–C–N with tert-alkyl or cyclic N) is 1. The maximum absolute atomic E-state index is 11.7. The summed E-state index contributed by atoms with van der Waals surface area (Å²) in [6, 6.07) is 9.46. The van der Waals surface area contributed by atoms with E-state index in [4.69, 9.17) is 5.11 Å². The summed E-state index contributed by atoms with van der Waals surface area (Å²) in [5, 5.41) is 9.48. The van der Waals surface area contributed by atoms with Crippen molar-refractivity contribution >= 4 is 21.7 Å². The maximum atomic E-state index is 11.7. The quantitative estimate of drug-likeness (QED) is 0.844. The van der Waals surface area contributed by atoms with Gasteiger partial charge in [-0.2, -0.15) is 0 Å². The van der Waals surface area contributed by atoms with Crippen molar-refractivity contribution in [2.24, 2.45) is 4.99 Å². The molecule has 1 N–H and O–H groups in total. The third kappa shape index (κ3) is 2.48. The van der Waals surface area contributed by atoms with Gasteiger partial charge in [0.1, 0.15) is 0 Å². The molecule has 1 heterocycles. The van der Waals surface area contributed by atoms with Gasteiger partial charge in [-0.25, -0.2) is 4.99 Å². The summed E-state index contributed by atoms with van der Waals surface area (Å²) in [6.45, 7) is 1.27. The van der Waals surface area contributed by atoms with Gasteiger partial charge >= 0.3 is 0 Å². The van der Waals surface area contributed by atoms with E-state index in [1.807, 2.05) is 35.2 Å². The number of hydrogen-bond acceptors (Lipinski definition) is 3. The van der Waals surface area contributed by atoms with Gasteiger partial charge in [0.05, 0.1) is 23.1 Å². The van der Waals surface area contributed by atoms with Gasteiger partial charge in [0.25, 0.3) is 0 Å². The van der Waals surface area contributed by atoms with Crippen LogP contribution in [0.25, 0.3) is 0 Å². The number of para-hydroxylation sites is 1. The van der Waals surface area contributed by atoms with Crippen molar-refractivity contribution in [2.75, 3.05) is 25.4 Å². The normalized spacial score (nSPS) is 22.9. The summed E-state index contributed by atoms with van der Waals surface area (Å²) in [4.78, 5) is 6.25. The lowest BCUT2D eigenvalue weighted by Gasteiger charge is -2.15. The molecule has 86 valence electrons. The van der Waals surface area contributed by atoms with Crippen LogP contribution in [0.1, 0.15) is 0 Å². The van der Waals surface area contributed by atoms with Crippen molar-refractivity contribution in [3.8, 4) is 0 Å². The Bertz CT molecular complexity index is 406. The standard InChI is InChI=1S/C11H14N2O2S/c14-8-6-13-7-9-16(15)11(13)12-10-4-2-1-3-5-10/h1-5,14H,6-9H2. The molecule has 16 heavy (non-hydrogen) atoms. The van der Waals surface area contributed by atoms with E-state index in [0.717, 1.165) is 5.69 Å². The summed E-state index contributed by atoms with van der Waals surface area (Å²) in [7, 11) is -1.03. The van der Waals surface area contributed by atoms with Crippen LogP contribution < -0.4 is 0 Å². The Labute approximate surface area is 97.1 Å². The van der Waals surface area contributed by atoms with Crippen molar-refractivity contribution in [3.05, 3.63) is 30.3 Å². The van der Waals surface area contributed by atoms with Crippen LogP contribution in [0.2, 0.25) is 0 Å². The second kappa shape index (κ2) is 5.23. The van der Waals surface area contributed by atoms with Crippen molar-refractivity contribution in [1.29, 1.82) is 0 Å². The second-order valence-corrected chi connectivity index (χ2v) is 4.95. The molecule has 5 heteroatoms. The number of aliphatic hydroxyl groups is 1. The molecule has 1 aliphatic heterocycles. The summed E-state index contributed by atoms with van der Waals surface area (Å²) < 4.78 is 11.7. The molecule has 0 bridgehead atoms. The van der Waals surface area contributed by atoms with Crippen LogP contribution in [0, 0.1) is 0 Å². The predicted molar refractivity (Wildman–Crippen MR) is 65.2 cm³/mol. The topological polar surface area (TPSA) is 52.9 Å². The molecule has 0 amide bonds. The molecule has 4 nitrogen and oxygen atoms in total.